The van der Waals surface area contributed by atoms with Crippen molar-refractivity contribution in [3.05, 3.63) is 94.6 Å². The first-order valence-corrected chi connectivity index (χ1v) is 8.49. The summed E-state index contributed by atoms with van der Waals surface area (Å²) >= 11 is 0. The highest BCUT2D eigenvalue weighted by atomic mass is 15.1. The quantitative estimate of drug-likeness (QED) is 0.811. The molecule has 0 spiro atoms. The van der Waals surface area contributed by atoms with E-state index in [0.29, 0.717) is 5.71 Å². The van der Waals surface area contributed by atoms with Crippen molar-refractivity contribution in [2.75, 3.05) is 19.0 Å². The molecule has 0 fully saturated rings. The van der Waals surface area contributed by atoms with E-state index >= 15 is 0 Å². The number of aryl methyl sites for hydroxylation is 2. The Morgan fingerprint density at radius 2 is 1.32 bits per heavy atom. The average Bonchev–Trinajstić information content (AvgIpc) is 2.56. The topological polar surface area (TPSA) is 27.1 Å². The largest absolute Gasteiger partial charge is 0.378 e. The molecule has 0 aliphatic heterocycles. The number of rotatable bonds is 3. The number of allylic oxidation sites excluding steroid dienone is 5. The fourth-order valence-electron chi connectivity index (χ4n) is 3.18. The minimum atomic E-state index is 0.534. The van der Waals surface area contributed by atoms with Gasteiger partial charge in [0.2, 0.25) is 0 Å². The van der Waals surface area contributed by atoms with E-state index < -0.39 is 0 Å². The van der Waals surface area contributed by atoms with Crippen molar-refractivity contribution in [3.63, 3.8) is 0 Å². The Hall–Kier alpha value is -2.87. The molecule has 126 valence electrons. The molecular formula is C23H24N2. The zero-order valence-electron chi connectivity index (χ0n) is 15.3. The predicted octanol–water partition coefficient (Wildman–Crippen LogP) is 5.32. The van der Waals surface area contributed by atoms with Crippen LogP contribution in [0.1, 0.15) is 22.3 Å². The molecule has 0 aromatic heterocycles. The van der Waals surface area contributed by atoms with Crippen LogP contribution < -0.4 is 4.90 Å². The molecule has 0 radical (unpaired) electrons. The van der Waals surface area contributed by atoms with Crippen molar-refractivity contribution in [1.82, 2.24) is 0 Å². The lowest BCUT2D eigenvalue weighted by atomic mass is 9.89. The van der Waals surface area contributed by atoms with Crippen LogP contribution in [0.5, 0.6) is 0 Å². The van der Waals surface area contributed by atoms with Crippen LogP contribution in [-0.4, -0.2) is 19.8 Å². The first-order valence-electron chi connectivity index (χ1n) is 8.49. The van der Waals surface area contributed by atoms with Gasteiger partial charge < -0.3 is 10.3 Å². The lowest BCUT2D eigenvalue weighted by Crippen LogP contribution is -2.08. The Labute approximate surface area is 150 Å². The molecule has 0 amide bonds. The molecular weight excluding hydrogens is 304 g/mol. The van der Waals surface area contributed by atoms with Gasteiger partial charge in [-0.25, -0.2) is 0 Å². The van der Waals surface area contributed by atoms with Crippen molar-refractivity contribution < 1.29 is 0 Å². The van der Waals surface area contributed by atoms with E-state index in [1.54, 1.807) is 0 Å². The average molecular weight is 328 g/mol. The maximum atomic E-state index is 7.77. The highest BCUT2D eigenvalue weighted by Crippen LogP contribution is 2.31. The molecule has 1 aliphatic carbocycles. The zero-order chi connectivity index (χ0) is 18.0. The van der Waals surface area contributed by atoms with Crippen LogP contribution in [-0.2, 0) is 0 Å². The van der Waals surface area contributed by atoms with E-state index in [9.17, 15) is 0 Å². The van der Waals surface area contributed by atoms with Gasteiger partial charge in [-0.15, -0.1) is 0 Å². The van der Waals surface area contributed by atoms with Gasteiger partial charge in [-0.05, 0) is 60.4 Å². The smallest absolute Gasteiger partial charge is 0.0540 e. The summed E-state index contributed by atoms with van der Waals surface area (Å²) in [6, 6.07) is 15.3. The van der Waals surface area contributed by atoms with Crippen molar-refractivity contribution in [3.8, 4) is 0 Å². The third-order valence-electron chi connectivity index (χ3n) is 4.36. The van der Waals surface area contributed by atoms with Gasteiger partial charge in [0.05, 0.1) is 5.71 Å². The summed E-state index contributed by atoms with van der Waals surface area (Å²) < 4.78 is 0. The molecule has 3 rings (SSSR count). The van der Waals surface area contributed by atoms with Crippen LogP contribution in [0, 0.1) is 19.3 Å². The van der Waals surface area contributed by atoms with E-state index in [2.05, 4.69) is 75.3 Å². The molecule has 0 bridgehead atoms. The van der Waals surface area contributed by atoms with Crippen LogP contribution in [0.25, 0.3) is 5.57 Å². The molecule has 0 heterocycles. The molecule has 0 unspecified atom stereocenters. The lowest BCUT2D eigenvalue weighted by molar-refractivity contribution is 1.13. The summed E-state index contributed by atoms with van der Waals surface area (Å²) in [5.41, 5.74) is 8.98. The van der Waals surface area contributed by atoms with Gasteiger partial charge in [0.25, 0.3) is 0 Å². The molecule has 25 heavy (non-hydrogen) atoms. The Balaban J connectivity index is 2.19. The van der Waals surface area contributed by atoms with Crippen molar-refractivity contribution in [2.45, 2.75) is 13.8 Å². The first kappa shape index (κ1) is 17.0. The summed E-state index contributed by atoms with van der Waals surface area (Å²) in [5, 5.41) is 7.77. The van der Waals surface area contributed by atoms with Crippen LogP contribution >= 0.6 is 0 Å². The zero-order valence-corrected chi connectivity index (χ0v) is 15.3. The Kier molecular flexibility index (Phi) is 4.71. The number of nitrogens with zero attached hydrogens (tertiary/aromatic N) is 1. The van der Waals surface area contributed by atoms with Crippen molar-refractivity contribution >= 4 is 17.0 Å². The summed E-state index contributed by atoms with van der Waals surface area (Å²) in [4.78, 5) is 2.11. The molecule has 2 nitrogen and oxygen atoms in total. The van der Waals surface area contributed by atoms with Crippen LogP contribution in [0.3, 0.4) is 0 Å². The normalized spacial score (nSPS) is 13.3. The fraction of sp³-hybridized carbons (Fsp3) is 0.174. The highest BCUT2D eigenvalue weighted by molar-refractivity contribution is 6.05. The number of nitrogens with one attached hydrogen (secondary N) is 1. The van der Waals surface area contributed by atoms with Crippen LogP contribution in [0.4, 0.5) is 5.69 Å². The maximum Gasteiger partial charge on any atom is 0.0540 e. The molecule has 2 aromatic carbocycles. The number of hydrogen-bond acceptors (Lipinski definition) is 2. The number of anilines is 1. The Bertz CT molecular complexity index is 856. The van der Waals surface area contributed by atoms with E-state index in [1.165, 1.54) is 33.5 Å². The lowest BCUT2D eigenvalue weighted by Gasteiger charge is -2.17. The SMILES string of the molecule is Cc1cc(C)cc(C(=C2C=CC(=N)C=C2)c2ccc(N(C)C)cc2)c1. The minimum Gasteiger partial charge on any atom is -0.378 e. The minimum absolute atomic E-state index is 0.534. The van der Waals surface area contributed by atoms with Gasteiger partial charge in [-0.2, -0.15) is 0 Å². The maximum absolute atomic E-state index is 7.77. The molecule has 0 saturated heterocycles. The van der Waals surface area contributed by atoms with Gasteiger partial charge in [-0.1, -0.05) is 53.6 Å². The van der Waals surface area contributed by atoms with E-state index in [-0.39, 0.29) is 0 Å². The molecule has 0 saturated carbocycles. The summed E-state index contributed by atoms with van der Waals surface area (Å²) in [7, 11) is 4.10. The van der Waals surface area contributed by atoms with E-state index in [1.807, 2.05) is 24.3 Å². The Morgan fingerprint density at radius 3 is 1.84 bits per heavy atom. The second-order valence-electron chi connectivity index (χ2n) is 6.77. The van der Waals surface area contributed by atoms with Crippen molar-refractivity contribution in [1.29, 1.82) is 5.41 Å². The first-order chi connectivity index (χ1) is 11.9. The molecule has 1 N–H and O–H groups in total. The number of benzene rings is 2. The monoisotopic (exact) mass is 328 g/mol. The fourth-order valence-corrected chi connectivity index (χ4v) is 3.18. The van der Waals surface area contributed by atoms with Gasteiger partial charge >= 0.3 is 0 Å². The second-order valence-corrected chi connectivity index (χ2v) is 6.77. The highest BCUT2D eigenvalue weighted by Gasteiger charge is 2.12. The molecule has 2 heteroatoms. The van der Waals surface area contributed by atoms with E-state index in [4.69, 9.17) is 5.41 Å². The van der Waals surface area contributed by atoms with Gasteiger partial charge in [-0.3, -0.25) is 0 Å². The second kappa shape index (κ2) is 6.94. The third kappa shape index (κ3) is 3.80. The van der Waals surface area contributed by atoms with Gasteiger partial charge in [0.15, 0.2) is 0 Å². The summed E-state index contributed by atoms with van der Waals surface area (Å²) in [6.07, 6.45) is 7.78. The van der Waals surface area contributed by atoms with Gasteiger partial charge in [0.1, 0.15) is 0 Å². The number of hydrogen-bond donors (Lipinski definition) is 1. The van der Waals surface area contributed by atoms with E-state index in [0.717, 1.165) is 5.57 Å². The molecule has 1 aliphatic rings. The third-order valence-corrected chi connectivity index (χ3v) is 4.36. The standard InChI is InChI=1S/C23H24N2/c1-16-13-17(2)15-20(14-16)23(18-5-9-21(24)10-6-18)19-7-11-22(12-8-19)25(3)4/h5-15,24H,1-4H3. The summed E-state index contributed by atoms with van der Waals surface area (Å²) in [5.74, 6) is 0. The van der Waals surface area contributed by atoms with Gasteiger partial charge in [0, 0.05) is 19.8 Å². The van der Waals surface area contributed by atoms with Crippen molar-refractivity contribution in [2.24, 2.45) is 0 Å². The Morgan fingerprint density at radius 1 is 0.760 bits per heavy atom. The van der Waals surface area contributed by atoms with Crippen LogP contribution in [0.15, 0.2) is 72.3 Å². The molecule has 2 aromatic rings. The summed E-state index contributed by atoms with van der Waals surface area (Å²) in [6.45, 7) is 4.27. The molecule has 0 atom stereocenters. The predicted molar refractivity (Wildman–Crippen MR) is 109 cm³/mol. The van der Waals surface area contributed by atoms with Crippen LogP contribution in [0.2, 0.25) is 0 Å².